The second-order valence-corrected chi connectivity index (χ2v) is 6.86. The van der Waals surface area contributed by atoms with Crippen molar-refractivity contribution in [3.63, 3.8) is 0 Å². The highest BCUT2D eigenvalue weighted by Gasteiger charge is 2.27. The zero-order chi connectivity index (χ0) is 20.6. The second kappa shape index (κ2) is 9.72. The predicted octanol–water partition coefficient (Wildman–Crippen LogP) is 1.97. The number of nitrogens with zero attached hydrogens (tertiary/aromatic N) is 2. The van der Waals surface area contributed by atoms with Crippen LogP contribution in [0.25, 0.3) is 6.08 Å². The van der Waals surface area contributed by atoms with Crippen LogP contribution in [0.1, 0.15) is 30.8 Å². The van der Waals surface area contributed by atoms with E-state index >= 15 is 0 Å². The third kappa shape index (κ3) is 6.06. The summed E-state index contributed by atoms with van der Waals surface area (Å²) in [7, 11) is 0. The van der Waals surface area contributed by atoms with Crippen molar-refractivity contribution < 1.29 is 23.3 Å². The van der Waals surface area contributed by atoms with Gasteiger partial charge in [-0.2, -0.15) is 0 Å². The third-order valence-corrected chi connectivity index (χ3v) is 4.68. The molecule has 3 amide bonds. The minimum atomic E-state index is -0.285. The molecule has 1 saturated heterocycles. The molecule has 1 aliphatic rings. The van der Waals surface area contributed by atoms with Gasteiger partial charge in [0.2, 0.25) is 17.7 Å². The molecular weight excluding hydrogens is 376 g/mol. The van der Waals surface area contributed by atoms with E-state index in [0.717, 1.165) is 0 Å². The molecular formula is C20H24N4O5. The first-order valence-electron chi connectivity index (χ1n) is 9.52. The zero-order valence-electron chi connectivity index (χ0n) is 16.2. The monoisotopic (exact) mass is 400 g/mol. The fourth-order valence-corrected chi connectivity index (χ4v) is 3.10. The van der Waals surface area contributed by atoms with Crippen LogP contribution < -0.4 is 10.6 Å². The van der Waals surface area contributed by atoms with E-state index in [1.54, 1.807) is 36.1 Å². The molecule has 3 rings (SSSR count). The van der Waals surface area contributed by atoms with Crippen molar-refractivity contribution in [2.24, 2.45) is 5.92 Å². The SMILES string of the molecule is Cc1cc(NC(=O)C2CCN(C(=O)CCNC(=O)/C=C/c3ccco3)CC2)no1. The molecule has 1 fully saturated rings. The number of piperidine rings is 1. The van der Waals surface area contributed by atoms with Crippen molar-refractivity contribution in [3.05, 3.63) is 42.1 Å². The summed E-state index contributed by atoms with van der Waals surface area (Å²) >= 11 is 0. The molecule has 0 spiro atoms. The molecule has 9 heteroatoms. The van der Waals surface area contributed by atoms with Crippen LogP contribution in [0.4, 0.5) is 5.82 Å². The summed E-state index contributed by atoms with van der Waals surface area (Å²) in [6, 6.07) is 5.14. The Morgan fingerprint density at radius 2 is 2.10 bits per heavy atom. The van der Waals surface area contributed by atoms with Crippen LogP contribution in [-0.2, 0) is 14.4 Å². The molecule has 1 aliphatic heterocycles. The summed E-state index contributed by atoms with van der Waals surface area (Å²) in [4.78, 5) is 38.1. The third-order valence-electron chi connectivity index (χ3n) is 4.68. The minimum Gasteiger partial charge on any atom is -0.465 e. The average molecular weight is 400 g/mol. The molecule has 29 heavy (non-hydrogen) atoms. The van der Waals surface area contributed by atoms with Gasteiger partial charge in [-0.25, -0.2) is 0 Å². The lowest BCUT2D eigenvalue weighted by molar-refractivity contribution is -0.134. The predicted molar refractivity (Wildman–Crippen MR) is 105 cm³/mol. The van der Waals surface area contributed by atoms with Gasteiger partial charge >= 0.3 is 0 Å². The molecule has 154 valence electrons. The maximum atomic E-state index is 12.3. The highest BCUT2D eigenvalue weighted by Crippen LogP contribution is 2.20. The van der Waals surface area contributed by atoms with Gasteiger partial charge in [0.15, 0.2) is 5.82 Å². The molecule has 0 saturated carbocycles. The highest BCUT2D eigenvalue weighted by molar-refractivity contribution is 5.92. The molecule has 3 heterocycles. The van der Waals surface area contributed by atoms with Crippen molar-refractivity contribution in [1.29, 1.82) is 0 Å². The number of aromatic nitrogens is 1. The number of anilines is 1. The lowest BCUT2D eigenvalue weighted by Gasteiger charge is -2.31. The highest BCUT2D eigenvalue weighted by atomic mass is 16.5. The van der Waals surface area contributed by atoms with Crippen LogP contribution >= 0.6 is 0 Å². The van der Waals surface area contributed by atoms with E-state index in [-0.39, 0.29) is 36.6 Å². The van der Waals surface area contributed by atoms with Gasteiger partial charge in [0.1, 0.15) is 11.5 Å². The van der Waals surface area contributed by atoms with E-state index in [1.165, 1.54) is 12.3 Å². The van der Waals surface area contributed by atoms with Crippen molar-refractivity contribution in [2.45, 2.75) is 26.2 Å². The molecule has 0 atom stereocenters. The molecule has 0 bridgehead atoms. The normalized spacial score (nSPS) is 14.9. The molecule has 2 aromatic heterocycles. The van der Waals surface area contributed by atoms with Crippen molar-refractivity contribution in [3.8, 4) is 0 Å². The number of furan rings is 1. The van der Waals surface area contributed by atoms with Gasteiger partial charge in [-0.15, -0.1) is 0 Å². The molecule has 2 N–H and O–H groups in total. The molecule has 0 aliphatic carbocycles. The van der Waals surface area contributed by atoms with Crippen LogP contribution in [-0.4, -0.2) is 47.4 Å². The molecule has 2 aromatic rings. The van der Waals surface area contributed by atoms with E-state index < -0.39 is 0 Å². The minimum absolute atomic E-state index is 0.0358. The van der Waals surface area contributed by atoms with E-state index in [2.05, 4.69) is 15.8 Å². The number of carbonyl (C=O) groups excluding carboxylic acids is 3. The van der Waals surface area contributed by atoms with Gasteiger partial charge in [0.25, 0.3) is 0 Å². The fourth-order valence-electron chi connectivity index (χ4n) is 3.10. The van der Waals surface area contributed by atoms with Crippen LogP contribution in [0.5, 0.6) is 0 Å². The van der Waals surface area contributed by atoms with Crippen molar-refractivity contribution in [2.75, 3.05) is 25.0 Å². The largest absolute Gasteiger partial charge is 0.465 e. The average Bonchev–Trinajstić information content (AvgIpc) is 3.38. The zero-order valence-corrected chi connectivity index (χ0v) is 16.2. The summed E-state index contributed by atoms with van der Waals surface area (Å²) < 4.78 is 10.0. The summed E-state index contributed by atoms with van der Waals surface area (Å²) in [6.07, 6.45) is 5.85. The Bertz CT molecular complexity index is 863. The number of nitrogens with one attached hydrogen (secondary N) is 2. The topological polar surface area (TPSA) is 118 Å². The number of rotatable bonds is 7. The van der Waals surface area contributed by atoms with Gasteiger partial charge in [0, 0.05) is 44.1 Å². The Morgan fingerprint density at radius 3 is 2.76 bits per heavy atom. The Morgan fingerprint density at radius 1 is 1.31 bits per heavy atom. The number of likely N-dealkylation sites (tertiary alicyclic amines) is 1. The molecule has 0 aromatic carbocycles. The van der Waals surface area contributed by atoms with Gasteiger partial charge in [-0.3, -0.25) is 14.4 Å². The van der Waals surface area contributed by atoms with Gasteiger partial charge in [0.05, 0.1) is 6.26 Å². The van der Waals surface area contributed by atoms with Crippen molar-refractivity contribution >= 4 is 29.6 Å². The summed E-state index contributed by atoms with van der Waals surface area (Å²) in [5, 5.41) is 9.17. The smallest absolute Gasteiger partial charge is 0.244 e. The first-order chi connectivity index (χ1) is 14.0. The maximum Gasteiger partial charge on any atom is 0.244 e. The number of hydrogen-bond donors (Lipinski definition) is 2. The first kappa shape index (κ1) is 20.4. The Balaban J connectivity index is 1.34. The van der Waals surface area contributed by atoms with Crippen molar-refractivity contribution in [1.82, 2.24) is 15.4 Å². The number of hydrogen-bond acceptors (Lipinski definition) is 6. The van der Waals surface area contributed by atoms with E-state index in [4.69, 9.17) is 8.94 Å². The van der Waals surface area contributed by atoms with Crippen LogP contribution in [0.2, 0.25) is 0 Å². The van der Waals surface area contributed by atoms with Gasteiger partial charge < -0.3 is 24.5 Å². The van der Waals surface area contributed by atoms with E-state index in [0.29, 0.717) is 43.3 Å². The Labute approximate surface area is 168 Å². The number of amides is 3. The lowest BCUT2D eigenvalue weighted by Crippen LogP contribution is -2.42. The molecule has 0 unspecified atom stereocenters. The van der Waals surface area contributed by atoms with E-state index in [1.807, 2.05) is 0 Å². The fraction of sp³-hybridized carbons (Fsp3) is 0.400. The maximum absolute atomic E-state index is 12.3. The Hall–Kier alpha value is -3.36. The van der Waals surface area contributed by atoms with Gasteiger partial charge in [-0.1, -0.05) is 5.16 Å². The quantitative estimate of drug-likeness (QED) is 0.686. The second-order valence-electron chi connectivity index (χ2n) is 6.86. The van der Waals surface area contributed by atoms with Crippen LogP contribution in [0.3, 0.4) is 0 Å². The number of carbonyl (C=O) groups is 3. The summed E-state index contributed by atoms with van der Waals surface area (Å²) in [5.41, 5.74) is 0. The summed E-state index contributed by atoms with van der Waals surface area (Å²) in [5.74, 6) is 1.02. The Kier molecular flexibility index (Phi) is 6.83. The van der Waals surface area contributed by atoms with Gasteiger partial charge in [-0.05, 0) is 38.0 Å². The van der Waals surface area contributed by atoms with Crippen LogP contribution in [0.15, 0.2) is 39.5 Å². The number of aryl methyl sites for hydroxylation is 1. The molecule has 9 nitrogen and oxygen atoms in total. The molecule has 0 radical (unpaired) electrons. The van der Waals surface area contributed by atoms with E-state index in [9.17, 15) is 14.4 Å². The lowest BCUT2D eigenvalue weighted by atomic mass is 9.95. The summed E-state index contributed by atoms with van der Waals surface area (Å²) in [6.45, 7) is 3.04. The standard InChI is InChI=1S/C20H24N4O5/c1-14-13-17(23-29-14)22-20(27)15-7-10-24(11-8-15)19(26)6-9-21-18(25)5-4-16-3-2-12-28-16/h2-5,12-13,15H,6-11H2,1H3,(H,21,25)(H,22,23,27)/b5-4+. The first-order valence-corrected chi connectivity index (χ1v) is 9.52. The van der Waals surface area contributed by atoms with Crippen LogP contribution in [0, 0.1) is 12.8 Å².